The van der Waals surface area contributed by atoms with E-state index in [0.29, 0.717) is 42.5 Å². The van der Waals surface area contributed by atoms with Crippen molar-refractivity contribution in [2.75, 3.05) is 18.8 Å². The number of carboxylic acids is 1. The van der Waals surface area contributed by atoms with Crippen LogP contribution in [0.15, 0.2) is 49.8 Å². The second kappa shape index (κ2) is 13.9. The standard InChI is InChI=1S/C24H20ClF3N6O.C3H4O2.C2H6/c1-3-19(35)34-6-4-23(11-29,5-7-34)22-15-9-16(25)14(10-17(15)31-12-32-22)21-20(24(26,27)28)13(2)8-18(30)33-21;1-2-3(4)5;1-2/h3,8-10,12H,1,4-7H2,2H3,(H2,30,33);2H,1H2,(H,4,5);1-2H3. The van der Waals surface area contributed by atoms with Crippen LogP contribution >= 0.6 is 11.6 Å². The molecule has 0 atom stereocenters. The van der Waals surface area contributed by atoms with E-state index in [9.17, 15) is 28.0 Å². The zero-order chi connectivity index (χ0) is 31.8. The Kier molecular flexibility index (Phi) is 11.2. The molecule has 3 aromatic rings. The van der Waals surface area contributed by atoms with Crippen LogP contribution in [0.25, 0.3) is 22.2 Å². The minimum absolute atomic E-state index is 0.0103. The smallest absolute Gasteiger partial charge is 0.418 e. The number of aryl methyl sites for hydroxylation is 1. The summed E-state index contributed by atoms with van der Waals surface area (Å²) in [6.07, 6.45) is -0.719. The average Bonchev–Trinajstić information content (AvgIpc) is 2.96. The number of piperidine rings is 1. The first-order valence-electron chi connectivity index (χ1n) is 12.7. The maximum atomic E-state index is 13.9. The molecule has 0 radical (unpaired) electrons. The van der Waals surface area contributed by atoms with E-state index in [2.05, 4.69) is 34.2 Å². The third kappa shape index (κ3) is 7.22. The van der Waals surface area contributed by atoms with Crippen molar-refractivity contribution in [2.45, 2.75) is 45.2 Å². The number of aromatic nitrogens is 3. The molecule has 2 aromatic heterocycles. The number of fused-ring (bicyclic) bond motifs is 1. The van der Waals surface area contributed by atoms with Crippen LogP contribution in [-0.2, 0) is 21.2 Å². The quantitative estimate of drug-likeness (QED) is 0.340. The molecule has 13 heteroatoms. The highest BCUT2D eigenvalue weighted by Gasteiger charge is 2.41. The molecule has 42 heavy (non-hydrogen) atoms. The SMILES string of the molecule is C=CC(=O)N1CCC(C#N)(c2ncnc3cc(-c4nc(N)cc(C)c4C(F)(F)F)c(Cl)cc23)CC1.C=CC(=O)O.CC. The summed E-state index contributed by atoms with van der Waals surface area (Å²) in [5.74, 6) is -1.28. The number of hydrogen-bond acceptors (Lipinski definition) is 7. The van der Waals surface area contributed by atoms with Crippen LogP contribution in [-0.4, -0.2) is 49.9 Å². The average molecular weight is 603 g/mol. The highest BCUT2D eigenvalue weighted by Crippen LogP contribution is 2.43. The molecule has 0 bridgehead atoms. The Balaban J connectivity index is 0.000000797. The normalized spacial score (nSPS) is 13.9. The van der Waals surface area contributed by atoms with E-state index < -0.39 is 28.8 Å². The summed E-state index contributed by atoms with van der Waals surface area (Å²) in [4.78, 5) is 35.3. The summed E-state index contributed by atoms with van der Waals surface area (Å²) < 4.78 is 41.6. The fourth-order valence-corrected chi connectivity index (χ4v) is 4.78. The van der Waals surface area contributed by atoms with E-state index in [1.54, 1.807) is 4.90 Å². The number of amides is 1. The first kappa shape index (κ1) is 33.7. The van der Waals surface area contributed by atoms with Gasteiger partial charge in [-0.1, -0.05) is 38.6 Å². The molecule has 3 heterocycles. The molecule has 0 unspecified atom stereocenters. The Morgan fingerprint density at radius 3 is 2.26 bits per heavy atom. The molecule has 1 saturated heterocycles. The van der Waals surface area contributed by atoms with Crippen molar-refractivity contribution in [1.29, 1.82) is 5.26 Å². The largest absolute Gasteiger partial charge is 0.478 e. The van der Waals surface area contributed by atoms with Crippen molar-refractivity contribution < 1.29 is 27.9 Å². The Morgan fingerprint density at radius 2 is 1.76 bits per heavy atom. The van der Waals surface area contributed by atoms with E-state index in [-0.39, 0.29) is 27.9 Å². The van der Waals surface area contributed by atoms with E-state index in [0.717, 1.165) is 12.1 Å². The van der Waals surface area contributed by atoms with Gasteiger partial charge in [-0.3, -0.25) is 4.79 Å². The lowest BCUT2D eigenvalue weighted by atomic mass is 9.75. The lowest BCUT2D eigenvalue weighted by Gasteiger charge is -2.36. The Bertz CT molecular complexity index is 1540. The lowest BCUT2D eigenvalue weighted by molar-refractivity contribution is -0.137. The number of nitrogen functional groups attached to an aromatic ring is 1. The summed E-state index contributed by atoms with van der Waals surface area (Å²) in [5.41, 5.74) is 4.06. The molecule has 9 nitrogen and oxygen atoms in total. The number of pyridine rings is 1. The minimum atomic E-state index is -4.68. The maximum Gasteiger partial charge on any atom is 0.418 e. The van der Waals surface area contributed by atoms with Crippen molar-refractivity contribution >= 4 is 40.2 Å². The molecule has 3 N–H and O–H groups in total. The molecule has 1 aliphatic heterocycles. The van der Waals surface area contributed by atoms with Gasteiger partial charge in [-0.05, 0) is 49.6 Å². The van der Waals surface area contributed by atoms with Crippen LogP contribution < -0.4 is 5.73 Å². The fraction of sp³-hybridized carbons (Fsp3) is 0.310. The number of benzene rings is 1. The number of alkyl halides is 3. The number of hydrogen-bond donors (Lipinski definition) is 2. The van der Waals surface area contributed by atoms with Gasteiger partial charge in [0.25, 0.3) is 0 Å². The number of likely N-dealkylation sites (tertiary alicyclic amines) is 1. The number of nitrogens with zero attached hydrogens (tertiary/aromatic N) is 5. The Hall–Kier alpha value is -4.50. The number of carbonyl (C=O) groups excluding carboxylic acids is 1. The predicted octanol–water partition coefficient (Wildman–Crippen LogP) is 6.11. The molecule has 0 spiro atoms. The second-order valence-corrected chi connectivity index (χ2v) is 9.33. The number of nitrogens with two attached hydrogens (primary N) is 1. The molecule has 1 aliphatic rings. The van der Waals surface area contributed by atoms with Crippen molar-refractivity contribution in [1.82, 2.24) is 19.9 Å². The number of aliphatic carboxylic acids is 1. The van der Waals surface area contributed by atoms with Crippen LogP contribution in [0.3, 0.4) is 0 Å². The maximum absolute atomic E-state index is 13.9. The zero-order valence-corrected chi connectivity index (χ0v) is 24.1. The number of carboxylic acid groups (broad SMARTS) is 1. The van der Waals surface area contributed by atoms with E-state index >= 15 is 0 Å². The zero-order valence-electron chi connectivity index (χ0n) is 23.3. The number of rotatable bonds is 4. The summed E-state index contributed by atoms with van der Waals surface area (Å²) in [6, 6.07) is 6.36. The van der Waals surface area contributed by atoms with Crippen molar-refractivity contribution in [3.05, 3.63) is 71.7 Å². The van der Waals surface area contributed by atoms with Gasteiger partial charge in [0.05, 0.1) is 33.6 Å². The van der Waals surface area contributed by atoms with Gasteiger partial charge in [-0.15, -0.1) is 0 Å². The van der Waals surface area contributed by atoms with E-state index in [1.807, 2.05) is 13.8 Å². The number of nitriles is 1. The van der Waals surface area contributed by atoms with E-state index in [4.69, 9.17) is 22.4 Å². The third-order valence-corrected chi connectivity index (χ3v) is 6.76. The lowest BCUT2D eigenvalue weighted by Crippen LogP contribution is -2.44. The predicted molar refractivity (Wildman–Crippen MR) is 154 cm³/mol. The monoisotopic (exact) mass is 602 g/mol. The van der Waals surface area contributed by atoms with Gasteiger partial charge < -0.3 is 15.7 Å². The van der Waals surface area contributed by atoms with Gasteiger partial charge in [-0.25, -0.2) is 19.7 Å². The van der Waals surface area contributed by atoms with Crippen molar-refractivity contribution in [3.63, 3.8) is 0 Å². The summed E-state index contributed by atoms with van der Waals surface area (Å²) in [6.45, 7) is 12.4. The summed E-state index contributed by atoms with van der Waals surface area (Å²) >= 11 is 6.50. The molecule has 222 valence electrons. The summed E-state index contributed by atoms with van der Waals surface area (Å²) in [7, 11) is 0. The number of anilines is 1. The van der Waals surface area contributed by atoms with Crippen LogP contribution in [0.1, 0.15) is 43.5 Å². The topological polar surface area (TPSA) is 146 Å². The van der Waals surface area contributed by atoms with Crippen LogP contribution in [0, 0.1) is 18.3 Å². The first-order valence-corrected chi connectivity index (χ1v) is 13.1. The Morgan fingerprint density at radius 1 is 1.17 bits per heavy atom. The molecular weight excluding hydrogens is 573 g/mol. The van der Waals surface area contributed by atoms with Crippen molar-refractivity contribution in [2.24, 2.45) is 0 Å². The van der Waals surface area contributed by atoms with Gasteiger partial charge in [0.2, 0.25) is 5.91 Å². The van der Waals surface area contributed by atoms with Crippen molar-refractivity contribution in [3.8, 4) is 17.3 Å². The highest BCUT2D eigenvalue weighted by atomic mass is 35.5. The fourth-order valence-electron chi connectivity index (χ4n) is 4.53. The third-order valence-electron chi connectivity index (χ3n) is 6.44. The van der Waals surface area contributed by atoms with Gasteiger partial charge in [0.15, 0.2) is 0 Å². The molecule has 1 fully saturated rings. The Labute approximate surface area is 246 Å². The van der Waals surface area contributed by atoms with Crippen LogP contribution in [0.2, 0.25) is 5.02 Å². The first-order chi connectivity index (χ1) is 19.8. The van der Waals surface area contributed by atoms with E-state index in [1.165, 1.54) is 31.5 Å². The molecule has 4 rings (SSSR count). The van der Waals surface area contributed by atoms with Crippen LogP contribution in [0.5, 0.6) is 0 Å². The van der Waals surface area contributed by atoms with Gasteiger partial charge in [-0.2, -0.15) is 18.4 Å². The van der Waals surface area contributed by atoms with Gasteiger partial charge in [0, 0.05) is 30.1 Å². The number of halogens is 4. The number of carbonyl (C=O) groups is 2. The highest BCUT2D eigenvalue weighted by molar-refractivity contribution is 6.34. The van der Waals surface area contributed by atoms with Gasteiger partial charge >= 0.3 is 12.1 Å². The molecule has 0 saturated carbocycles. The molecule has 1 amide bonds. The molecule has 0 aliphatic carbocycles. The molecular formula is C29H30ClF3N6O3. The van der Waals surface area contributed by atoms with Crippen LogP contribution in [0.4, 0.5) is 19.0 Å². The van der Waals surface area contributed by atoms with Gasteiger partial charge in [0.1, 0.15) is 17.6 Å². The second-order valence-electron chi connectivity index (χ2n) is 8.92. The minimum Gasteiger partial charge on any atom is -0.478 e. The molecule has 1 aromatic carbocycles. The summed E-state index contributed by atoms with van der Waals surface area (Å²) in [5, 5.41) is 18.1.